The van der Waals surface area contributed by atoms with Crippen molar-refractivity contribution in [1.29, 1.82) is 0 Å². The number of sulfonamides is 1. The number of nitrogens with zero attached hydrogens (tertiary/aromatic N) is 2. The van der Waals surface area contributed by atoms with Gasteiger partial charge in [-0.05, 0) is 62.1 Å². The van der Waals surface area contributed by atoms with Gasteiger partial charge in [-0.3, -0.25) is 4.79 Å². The number of oxazole rings is 1. The zero-order valence-electron chi connectivity index (χ0n) is 17.5. The number of rotatable bonds is 5. The fourth-order valence-corrected chi connectivity index (χ4v) is 5.06. The number of hydrogen-bond acceptors (Lipinski definition) is 5. The van der Waals surface area contributed by atoms with Gasteiger partial charge in [0.2, 0.25) is 15.9 Å². The summed E-state index contributed by atoms with van der Waals surface area (Å²) in [6, 6.07) is 15.6. The number of carbonyl (C=O) groups excluding carboxylic acids is 1. The molecule has 1 saturated heterocycles. The molecule has 0 spiro atoms. The Kier molecular flexibility index (Phi) is 5.93. The first-order valence-corrected chi connectivity index (χ1v) is 11.7. The van der Waals surface area contributed by atoms with Crippen LogP contribution in [0, 0.1) is 12.8 Å². The van der Waals surface area contributed by atoms with Crippen molar-refractivity contribution in [3.8, 4) is 11.5 Å². The van der Waals surface area contributed by atoms with E-state index < -0.39 is 15.9 Å². The molecular weight excluding hydrogens is 414 g/mol. The van der Waals surface area contributed by atoms with Crippen molar-refractivity contribution < 1.29 is 17.6 Å². The largest absolute Gasteiger partial charge is 0.441 e. The summed E-state index contributed by atoms with van der Waals surface area (Å²) in [6.07, 6.45) is 1.74. The fourth-order valence-electron chi connectivity index (χ4n) is 3.59. The summed E-state index contributed by atoms with van der Waals surface area (Å²) < 4.78 is 32.9. The highest BCUT2D eigenvalue weighted by Crippen LogP contribution is 2.25. The van der Waals surface area contributed by atoms with Crippen LogP contribution in [0.25, 0.3) is 11.5 Å². The van der Waals surface area contributed by atoms with Crippen LogP contribution >= 0.6 is 0 Å². The second-order valence-electron chi connectivity index (χ2n) is 7.85. The van der Waals surface area contributed by atoms with Crippen LogP contribution in [0.1, 0.15) is 36.0 Å². The van der Waals surface area contributed by atoms with Crippen molar-refractivity contribution in [3.63, 3.8) is 0 Å². The summed E-state index contributed by atoms with van der Waals surface area (Å²) in [4.78, 5) is 17.2. The summed E-state index contributed by atoms with van der Waals surface area (Å²) in [7, 11) is -3.52. The molecule has 162 valence electrons. The number of aryl methyl sites for hydroxylation is 1. The predicted molar refractivity (Wildman–Crippen MR) is 118 cm³/mol. The van der Waals surface area contributed by atoms with E-state index in [-0.39, 0.29) is 10.6 Å². The van der Waals surface area contributed by atoms with Gasteiger partial charge in [-0.15, -0.1) is 0 Å². The van der Waals surface area contributed by atoms with Gasteiger partial charge in [0.15, 0.2) is 5.69 Å². The number of hydrogen-bond donors (Lipinski definition) is 1. The number of piperidine rings is 1. The summed E-state index contributed by atoms with van der Waals surface area (Å²) in [6.45, 7) is 4.90. The maximum Gasteiger partial charge on any atom is 0.277 e. The van der Waals surface area contributed by atoms with Crippen molar-refractivity contribution >= 4 is 21.6 Å². The van der Waals surface area contributed by atoms with E-state index in [9.17, 15) is 13.2 Å². The summed E-state index contributed by atoms with van der Waals surface area (Å²) in [5.74, 6) is 0.922. The fraction of sp³-hybridized carbons (Fsp3) is 0.304. The van der Waals surface area contributed by atoms with Crippen molar-refractivity contribution in [3.05, 3.63) is 66.1 Å². The molecule has 8 heteroatoms. The van der Waals surface area contributed by atoms with Crippen LogP contribution in [0.5, 0.6) is 0 Å². The van der Waals surface area contributed by atoms with Crippen LogP contribution in [0.15, 0.2) is 63.9 Å². The molecule has 31 heavy (non-hydrogen) atoms. The highest BCUT2D eigenvalue weighted by molar-refractivity contribution is 7.89. The van der Waals surface area contributed by atoms with Crippen LogP contribution < -0.4 is 5.32 Å². The van der Waals surface area contributed by atoms with Crippen LogP contribution in [-0.2, 0) is 10.0 Å². The van der Waals surface area contributed by atoms with E-state index >= 15 is 0 Å². The molecule has 0 unspecified atom stereocenters. The molecule has 0 bridgehead atoms. The van der Waals surface area contributed by atoms with Crippen molar-refractivity contribution in [2.24, 2.45) is 5.92 Å². The first kappa shape index (κ1) is 21.3. The molecular formula is C23H25N3O4S. The number of anilines is 1. The Bertz CT molecular complexity index is 1160. The monoisotopic (exact) mass is 439 g/mol. The van der Waals surface area contributed by atoms with E-state index in [1.54, 1.807) is 19.1 Å². The Hall–Kier alpha value is -2.97. The number of nitrogens with one attached hydrogen (secondary N) is 1. The third-order valence-corrected chi connectivity index (χ3v) is 7.44. The lowest BCUT2D eigenvalue weighted by molar-refractivity contribution is 0.102. The predicted octanol–water partition coefficient (Wildman–Crippen LogP) is 4.32. The van der Waals surface area contributed by atoms with Crippen molar-refractivity contribution in [1.82, 2.24) is 9.29 Å². The lowest BCUT2D eigenvalue weighted by Crippen LogP contribution is -2.37. The van der Waals surface area contributed by atoms with E-state index in [4.69, 9.17) is 4.42 Å². The van der Waals surface area contributed by atoms with Crippen molar-refractivity contribution in [2.45, 2.75) is 31.6 Å². The molecule has 4 rings (SSSR count). The van der Waals surface area contributed by atoms with Gasteiger partial charge in [-0.2, -0.15) is 4.31 Å². The van der Waals surface area contributed by atoms with E-state index in [0.717, 1.165) is 18.4 Å². The molecule has 0 radical (unpaired) electrons. The molecule has 1 aliphatic rings. The normalized spacial score (nSPS) is 15.7. The van der Waals surface area contributed by atoms with Gasteiger partial charge in [-0.25, -0.2) is 13.4 Å². The third kappa shape index (κ3) is 4.55. The third-order valence-electron chi connectivity index (χ3n) is 5.52. The van der Waals surface area contributed by atoms with Gasteiger partial charge in [0.05, 0.1) is 4.90 Å². The van der Waals surface area contributed by atoms with Gasteiger partial charge in [0, 0.05) is 24.3 Å². The molecule has 1 fully saturated rings. The van der Waals surface area contributed by atoms with E-state index in [2.05, 4.69) is 17.2 Å². The van der Waals surface area contributed by atoms with Gasteiger partial charge in [0.25, 0.3) is 5.91 Å². The van der Waals surface area contributed by atoms with E-state index in [1.165, 1.54) is 16.4 Å². The van der Waals surface area contributed by atoms with E-state index in [0.29, 0.717) is 36.3 Å². The Morgan fingerprint density at radius 1 is 1.06 bits per heavy atom. The Balaban J connectivity index is 1.47. The van der Waals surface area contributed by atoms with Crippen molar-refractivity contribution in [2.75, 3.05) is 18.4 Å². The summed E-state index contributed by atoms with van der Waals surface area (Å²) >= 11 is 0. The van der Waals surface area contributed by atoms with Gasteiger partial charge >= 0.3 is 0 Å². The topological polar surface area (TPSA) is 92.5 Å². The van der Waals surface area contributed by atoms with Gasteiger partial charge in [0.1, 0.15) is 5.76 Å². The maximum atomic E-state index is 12.8. The van der Waals surface area contributed by atoms with Crippen LogP contribution in [0.3, 0.4) is 0 Å². The van der Waals surface area contributed by atoms with Crippen LogP contribution in [-0.4, -0.2) is 36.7 Å². The highest BCUT2D eigenvalue weighted by Gasteiger charge is 2.28. The van der Waals surface area contributed by atoms with Crippen LogP contribution in [0.4, 0.5) is 5.69 Å². The molecule has 0 saturated carbocycles. The molecule has 2 aromatic carbocycles. The molecule has 1 aromatic heterocycles. The zero-order chi connectivity index (χ0) is 22.0. The standard InChI is InChI=1S/C23H25N3O4S/c1-16-12-14-26(15-13-16)31(28,29)20-10-8-19(9-11-20)24-22(27)21-17(2)30-23(25-21)18-6-4-3-5-7-18/h3-11,16H,12-15H2,1-2H3,(H,24,27). The molecule has 1 amide bonds. The second-order valence-corrected chi connectivity index (χ2v) is 9.79. The lowest BCUT2D eigenvalue weighted by atomic mass is 10.0. The number of benzene rings is 2. The Morgan fingerprint density at radius 3 is 2.35 bits per heavy atom. The molecule has 1 N–H and O–H groups in total. The van der Waals surface area contributed by atoms with Gasteiger partial charge < -0.3 is 9.73 Å². The molecule has 1 aliphatic heterocycles. The number of carbonyl (C=O) groups is 1. The molecule has 3 aromatic rings. The first-order valence-electron chi connectivity index (χ1n) is 10.3. The average Bonchev–Trinajstić information content (AvgIpc) is 3.17. The summed E-state index contributed by atoms with van der Waals surface area (Å²) in [5, 5.41) is 2.76. The Labute approximate surface area is 182 Å². The molecule has 0 aliphatic carbocycles. The molecule has 2 heterocycles. The zero-order valence-corrected chi connectivity index (χ0v) is 18.4. The highest BCUT2D eigenvalue weighted by atomic mass is 32.2. The average molecular weight is 440 g/mol. The van der Waals surface area contributed by atoms with Crippen LogP contribution in [0.2, 0.25) is 0 Å². The smallest absolute Gasteiger partial charge is 0.277 e. The summed E-state index contributed by atoms with van der Waals surface area (Å²) in [5.41, 5.74) is 1.46. The van der Waals surface area contributed by atoms with E-state index in [1.807, 2.05) is 30.3 Å². The Morgan fingerprint density at radius 2 is 1.71 bits per heavy atom. The number of amides is 1. The maximum absolute atomic E-state index is 12.8. The minimum absolute atomic E-state index is 0.193. The lowest BCUT2D eigenvalue weighted by Gasteiger charge is -2.29. The second kappa shape index (κ2) is 8.64. The SMILES string of the molecule is Cc1oc(-c2ccccc2)nc1C(=O)Nc1ccc(S(=O)(=O)N2CCC(C)CC2)cc1. The molecule has 0 atom stereocenters. The quantitative estimate of drug-likeness (QED) is 0.639. The minimum atomic E-state index is -3.52. The molecule has 7 nitrogen and oxygen atoms in total. The minimum Gasteiger partial charge on any atom is -0.441 e. The first-order chi connectivity index (χ1) is 14.8. The number of aromatic nitrogens is 1. The van der Waals surface area contributed by atoms with Gasteiger partial charge in [-0.1, -0.05) is 25.1 Å².